The van der Waals surface area contributed by atoms with Gasteiger partial charge in [-0.3, -0.25) is 0 Å². The summed E-state index contributed by atoms with van der Waals surface area (Å²) in [7, 11) is 0. The molecule has 106 valence electrons. The summed E-state index contributed by atoms with van der Waals surface area (Å²) in [6.45, 7) is 6.33. The molecular weight excluding hydrogens is 250 g/mol. The molecule has 1 aromatic carbocycles. The van der Waals surface area contributed by atoms with Crippen molar-refractivity contribution >= 4 is 5.69 Å². The Morgan fingerprint density at radius 2 is 2.05 bits per heavy atom. The number of benzene rings is 1. The highest BCUT2D eigenvalue weighted by molar-refractivity contribution is 5.74. The maximum atomic E-state index is 6.14. The van der Waals surface area contributed by atoms with Crippen LogP contribution in [-0.4, -0.2) is 10.1 Å². The van der Waals surface area contributed by atoms with Crippen molar-refractivity contribution in [1.82, 2.24) is 10.1 Å². The highest BCUT2D eigenvalue weighted by atomic mass is 16.5. The summed E-state index contributed by atoms with van der Waals surface area (Å²) in [5.41, 5.74) is 9.93. The summed E-state index contributed by atoms with van der Waals surface area (Å²) < 4.78 is 5.45. The normalized spacial score (nSPS) is 22.4. The molecule has 3 rings (SSSR count). The first kappa shape index (κ1) is 13.2. The predicted molar refractivity (Wildman–Crippen MR) is 79.4 cm³/mol. The minimum absolute atomic E-state index is 0.439. The lowest BCUT2D eigenvalue weighted by Crippen LogP contribution is -1.97. The molecular formula is C16H21N3O. The Bertz CT molecular complexity index is 633. The molecule has 0 radical (unpaired) electrons. The molecule has 0 amide bonds. The molecule has 0 saturated heterocycles. The third kappa shape index (κ3) is 2.30. The first-order valence-corrected chi connectivity index (χ1v) is 7.25. The second kappa shape index (κ2) is 4.93. The van der Waals surface area contributed by atoms with Crippen molar-refractivity contribution in [2.45, 2.75) is 46.0 Å². The Hall–Kier alpha value is -1.84. The van der Waals surface area contributed by atoms with Gasteiger partial charge in [-0.25, -0.2) is 0 Å². The Balaban J connectivity index is 1.94. The topological polar surface area (TPSA) is 64.9 Å². The largest absolute Gasteiger partial charge is 0.398 e. The molecule has 2 N–H and O–H groups in total. The van der Waals surface area contributed by atoms with E-state index >= 15 is 0 Å². The monoisotopic (exact) mass is 271 g/mol. The summed E-state index contributed by atoms with van der Waals surface area (Å²) in [4.78, 5) is 4.58. The third-order valence-corrected chi connectivity index (χ3v) is 4.26. The van der Waals surface area contributed by atoms with Crippen LogP contribution in [-0.2, 0) is 0 Å². The maximum absolute atomic E-state index is 6.14. The van der Waals surface area contributed by atoms with Crippen molar-refractivity contribution < 1.29 is 4.52 Å². The van der Waals surface area contributed by atoms with E-state index in [0.717, 1.165) is 47.0 Å². The predicted octanol–water partition coefficient (Wildman–Crippen LogP) is 3.84. The summed E-state index contributed by atoms with van der Waals surface area (Å²) >= 11 is 0. The van der Waals surface area contributed by atoms with Gasteiger partial charge in [-0.05, 0) is 56.2 Å². The van der Waals surface area contributed by atoms with Crippen LogP contribution in [0.4, 0.5) is 5.69 Å². The van der Waals surface area contributed by atoms with E-state index in [9.17, 15) is 0 Å². The minimum Gasteiger partial charge on any atom is -0.398 e. The van der Waals surface area contributed by atoms with Crippen LogP contribution in [0.5, 0.6) is 0 Å². The number of rotatable bonds is 2. The standard InChI is InChI=1S/C16H21N3O/c1-9-4-5-12(7-9)15-18-16(20-19-15)13-8-10(2)6-11(3)14(13)17/h6,8-9,12H,4-5,7,17H2,1-3H3. The lowest BCUT2D eigenvalue weighted by molar-refractivity contribution is 0.415. The molecule has 20 heavy (non-hydrogen) atoms. The van der Waals surface area contributed by atoms with Crippen molar-refractivity contribution in [3.8, 4) is 11.5 Å². The second-order valence-corrected chi connectivity index (χ2v) is 6.12. The van der Waals surface area contributed by atoms with Crippen molar-refractivity contribution in [3.05, 3.63) is 29.1 Å². The highest BCUT2D eigenvalue weighted by Gasteiger charge is 2.27. The fraction of sp³-hybridized carbons (Fsp3) is 0.500. The lowest BCUT2D eigenvalue weighted by Gasteiger charge is -2.06. The summed E-state index contributed by atoms with van der Waals surface area (Å²) in [6.07, 6.45) is 3.56. The Kier molecular flexibility index (Phi) is 3.24. The van der Waals surface area contributed by atoms with E-state index in [4.69, 9.17) is 10.3 Å². The van der Waals surface area contributed by atoms with Gasteiger partial charge in [0, 0.05) is 11.6 Å². The van der Waals surface area contributed by atoms with Crippen molar-refractivity contribution in [1.29, 1.82) is 0 Å². The molecule has 2 aromatic rings. The van der Waals surface area contributed by atoms with E-state index in [-0.39, 0.29) is 0 Å². The van der Waals surface area contributed by atoms with Crippen LogP contribution in [0.25, 0.3) is 11.5 Å². The smallest absolute Gasteiger partial charge is 0.260 e. The number of hydrogen-bond acceptors (Lipinski definition) is 4. The van der Waals surface area contributed by atoms with Crippen LogP contribution in [0.2, 0.25) is 0 Å². The Morgan fingerprint density at radius 3 is 2.75 bits per heavy atom. The number of aromatic nitrogens is 2. The Labute approximate surface area is 119 Å². The van der Waals surface area contributed by atoms with Gasteiger partial charge >= 0.3 is 0 Å². The quantitative estimate of drug-likeness (QED) is 0.843. The summed E-state index contributed by atoms with van der Waals surface area (Å²) in [6, 6.07) is 4.08. The molecule has 0 spiro atoms. The molecule has 4 nitrogen and oxygen atoms in total. The lowest BCUT2D eigenvalue weighted by atomic mass is 10.0. The second-order valence-electron chi connectivity index (χ2n) is 6.12. The van der Waals surface area contributed by atoms with Gasteiger partial charge in [0.25, 0.3) is 5.89 Å². The molecule has 2 unspecified atom stereocenters. The molecule has 1 aliphatic carbocycles. The van der Waals surface area contributed by atoms with E-state index < -0.39 is 0 Å². The average molecular weight is 271 g/mol. The van der Waals surface area contributed by atoms with Gasteiger partial charge in [-0.2, -0.15) is 4.98 Å². The van der Waals surface area contributed by atoms with Gasteiger partial charge in [-0.15, -0.1) is 0 Å². The first-order valence-electron chi connectivity index (χ1n) is 7.25. The fourth-order valence-corrected chi connectivity index (χ4v) is 3.11. The zero-order chi connectivity index (χ0) is 14.3. The maximum Gasteiger partial charge on any atom is 0.260 e. The first-order chi connectivity index (χ1) is 9.54. The molecule has 0 bridgehead atoms. The third-order valence-electron chi connectivity index (χ3n) is 4.26. The van der Waals surface area contributed by atoms with E-state index in [1.165, 1.54) is 6.42 Å². The molecule has 4 heteroatoms. The van der Waals surface area contributed by atoms with Gasteiger partial charge in [0.2, 0.25) is 0 Å². The van der Waals surface area contributed by atoms with Crippen LogP contribution < -0.4 is 5.73 Å². The van der Waals surface area contributed by atoms with Crippen LogP contribution >= 0.6 is 0 Å². The average Bonchev–Trinajstić information content (AvgIpc) is 3.02. The zero-order valence-corrected chi connectivity index (χ0v) is 12.3. The number of anilines is 1. The van der Waals surface area contributed by atoms with Gasteiger partial charge in [0.05, 0.1) is 5.56 Å². The fourth-order valence-electron chi connectivity index (χ4n) is 3.11. The van der Waals surface area contributed by atoms with E-state index in [1.54, 1.807) is 0 Å². The minimum atomic E-state index is 0.439. The molecule has 1 fully saturated rings. The van der Waals surface area contributed by atoms with Crippen molar-refractivity contribution in [3.63, 3.8) is 0 Å². The van der Waals surface area contributed by atoms with Crippen molar-refractivity contribution in [2.24, 2.45) is 5.92 Å². The van der Waals surface area contributed by atoms with Crippen LogP contribution in [0.3, 0.4) is 0 Å². The van der Waals surface area contributed by atoms with Gasteiger partial charge in [0.1, 0.15) is 0 Å². The summed E-state index contributed by atoms with van der Waals surface area (Å²) in [5.74, 6) is 2.58. The highest BCUT2D eigenvalue weighted by Crippen LogP contribution is 2.37. The number of nitrogens with two attached hydrogens (primary N) is 1. The SMILES string of the molecule is Cc1cc(C)c(N)c(-c2nc(C3CCC(C)C3)no2)c1. The molecule has 1 aliphatic rings. The number of nitrogen functional groups attached to an aromatic ring is 1. The van der Waals surface area contributed by atoms with E-state index in [2.05, 4.69) is 23.1 Å². The Morgan fingerprint density at radius 1 is 1.25 bits per heavy atom. The van der Waals surface area contributed by atoms with Crippen LogP contribution in [0.1, 0.15) is 49.1 Å². The molecule has 1 heterocycles. The van der Waals surface area contributed by atoms with Crippen LogP contribution in [0, 0.1) is 19.8 Å². The number of hydrogen-bond donors (Lipinski definition) is 1. The summed E-state index contributed by atoms with van der Waals surface area (Å²) in [5, 5.41) is 4.17. The van der Waals surface area contributed by atoms with Gasteiger partial charge in [0.15, 0.2) is 5.82 Å². The van der Waals surface area contributed by atoms with Crippen LogP contribution in [0.15, 0.2) is 16.7 Å². The number of nitrogens with zero attached hydrogens (tertiary/aromatic N) is 2. The van der Waals surface area contributed by atoms with Gasteiger partial charge in [-0.1, -0.05) is 18.1 Å². The zero-order valence-electron chi connectivity index (χ0n) is 12.3. The number of aryl methyl sites for hydroxylation is 2. The van der Waals surface area contributed by atoms with E-state index in [1.807, 2.05) is 19.9 Å². The molecule has 1 saturated carbocycles. The van der Waals surface area contributed by atoms with E-state index in [0.29, 0.717) is 11.8 Å². The molecule has 0 aliphatic heterocycles. The molecule has 2 atom stereocenters. The molecule has 1 aromatic heterocycles. The van der Waals surface area contributed by atoms with Crippen molar-refractivity contribution in [2.75, 3.05) is 5.73 Å². The van der Waals surface area contributed by atoms with Gasteiger partial charge < -0.3 is 10.3 Å².